The maximum atomic E-state index is 12.6. The number of hydrogen-bond acceptors (Lipinski definition) is 6. The molecule has 3 aromatic carbocycles. The highest BCUT2D eigenvalue weighted by Gasteiger charge is 2.30. The second-order valence-electron chi connectivity index (χ2n) is 6.73. The zero-order valence-corrected chi connectivity index (χ0v) is 17.1. The fourth-order valence-corrected chi connectivity index (χ4v) is 3.10. The van der Waals surface area contributed by atoms with Gasteiger partial charge in [-0.3, -0.25) is 5.32 Å². The van der Waals surface area contributed by atoms with E-state index in [1.54, 1.807) is 48.5 Å². The van der Waals surface area contributed by atoms with Crippen molar-refractivity contribution in [3.63, 3.8) is 0 Å². The molecule has 0 aromatic heterocycles. The summed E-state index contributed by atoms with van der Waals surface area (Å²) in [6.45, 7) is -0.181. The maximum Gasteiger partial charge on any atom is 0.412 e. The highest BCUT2D eigenvalue weighted by atomic mass is 16.6. The van der Waals surface area contributed by atoms with Crippen LogP contribution in [0.5, 0.6) is 17.2 Å². The minimum atomic E-state index is -0.909. The highest BCUT2D eigenvalue weighted by molar-refractivity contribution is 5.84. The Hall–Kier alpha value is -3.71. The summed E-state index contributed by atoms with van der Waals surface area (Å²) in [5, 5.41) is 22.5. The number of ether oxygens (including phenoxy) is 3. The summed E-state index contributed by atoms with van der Waals surface area (Å²) in [4.78, 5) is 12.6. The summed E-state index contributed by atoms with van der Waals surface area (Å²) < 4.78 is 16.9. The van der Waals surface area contributed by atoms with Crippen molar-refractivity contribution < 1.29 is 29.2 Å². The van der Waals surface area contributed by atoms with Crippen LogP contribution >= 0.6 is 0 Å². The van der Waals surface area contributed by atoms with Crippen molar-refractivity contribution in [3.05, 3.63) is 84.4 Å². The van der Waals surface area contributed by atoms with E-state index in [1.807, 2.05) is 24.3 Å². The van der Waals surface area contributed by atoms with E-state index in [4.69, 9.17) is 14.2 Å². The molecule has 0 bridgehead atoms. The van der Waals surface area contributed by atoms with Crippen molar-refractivity contribution in [2.75, 3.05) is 19.0 Å². The highest BCUT2D eigenvalue weighted by Crippen LogP contribution is 2.34. The Morgan fingerprint density at radius 3 is 2.29 bits per heavy atom. The number of aliphatic hydroxyl groups excluding tert-OH is 1. The second kappa shape index (κ2) is 10.9. The van der Waals surface area contributed by atoms with Gasteiger partial charge in [0.15, 0.2) is 17.6 Å². The summed E-state index contributed by atoms with van der Waals surface area (Å²) in [6.07, 6.45) is -2.11. The average molecular weight is 423 g/mol. The van der Waals surface area contributed by atoms with E-state index >= 15 is 0 Å². The fourth-order valence-electron chi connectivity index (χ4n) is 3.10. The van der Waals surface area contributed by atoms with Gasteiger partial charge in [0, 0.05) is 24.3 Å². The van der Waals surface area contributed by atoms with Crippen molar-refractivity contribution >= 4 is 11.8 Å². The van der Waals surface area contributed by atoms with Crippen LogP contribution in [0, 0.1) is 0 Å². The lowest BCUT2D eigenvalue weighted by molar-refractivity contribution is 0.00897. The van der Waals surface area contributed by atoms with Crippen LogP contribution in [0.2, 0.25) is 0 Å². The smallest absolute Gasteiger partial charge is 0.412 e. The monoisotopic (exact) mass is 423 g/mol. The molecule has 0 fully saturated rings. The van der Waals surface area contributed by atoms with Crippen LogP contribution in [0.1, 0.15) is 18.1 Å². The second-order valence-corrected chi connectivity index (χ2v) is 6.73. The first-order valence-electron chi connectivity index (χ1n) is 9.83. The number of carbonyl (C=O) groups is 1. The van der Waals surface area contributed by atoms with Crippen molar-refractivity contribution in [1.82, 2.24) is 0 Å². The quantitative estimate of drug-likeness (QED) is 0.468. The molecule has 0 unspecified atom stereocenters. The number of amides is 1. The van der Waals surface area contributed by atoms with E-state index < -0.39 is 18.3 Å². The molecule has 0 aliphatic rings. The van der Waals surface area contributed by atoms with Crippen LogP contribution in [0.4, 0.5) is 10.5 Å². The number of benzene rings is 3. The molecule has 2 atom stereocenters. The molecule has 162 valence electrons. The molecule has 1 amide bonds. The number of aromatic hydroxyl groups is 1. The Morgan fingerprint density at radius 1 is 1.00 bits per heavy atom. The van der Waals surface area contributed by atoms with E-state index in [1.165, 1.54) is 13.2 Å². The largest absolute Gasteiger partial charge is 0.504 e. The molecule has 0 aliphatic carbocycles. The summed E-state index contributed by atoms with van der Waals surface area (Å²) in [5.41, 5.74) is 1.07. The van der Waals surface area contributed by atoms with E-state index in [0.29, 0.717) is 22.7 Å². The molecule has 0 saturated carbocycles. The van der Waals surface area contributed by atoms with Crippen molar-refractivity contribution in [2.24, 2.45) is 0 Å². The van der Waals surface area contributed by atoms with Crippen LogP contribution < -0.4 is 14.8 Å². The van der Waals surface area contributed by atoms with Gasteiger partial charge in [-0.15, -0.1) is 0 Å². The Bertz CT molecular complexity index is 964. The molecule has 7 nitrogen and oxygen atoms in total. The first-order chi connectivity index (χ1) is 15.1. The molecule has 3 aromatic rings. The summed E-state index contributed by atoms with van der Waals surface area (Å²) in [6, 6.07) is 22.7. The maximum absolute atomic E-state index is 12.6. The van der Waals surface area contributed by atoms with Crippen LogP contribution in [0.3, 0.4) is 0 Å². The summed E-state index contributed by atoms with van der Waals surface area (Å²) in [5.74, 6) is 0.759. The molecule has 0 aliphatic heterocycles. The third kappa shape index (κ3) is 6.13. The fraction of sp³-hybridized carbons (Fsp3) is 0.208. The molecule has 3 rings (SSSR count). The number of anilines is 1. The number of hydrogen-bond donors (Lipinski definition) is 3. The van der Waals surface area contributed by atoms with Crippen LogP contribution in [0.15, 0.2) is 78.9 Å². The summed E-state index contributed by atoms with van der Waals surface area (Å²) >= 11 is 0. The summed E-state index contributed by atoms with van der Waals surface area (Å²) in [7, 11) is 1.45. The Morgan fingerprint density at radius 2 is 1.68 bits per heavy atom. The third-order valence-electron chi connectivity index (χ3n) is 4.57. The van der Waals surface area contributed by atoms with Gasteiger partial charge in [-0.25, -0.2) is 4.79 Å². The number of rotatable bonds is 9. The number of carbonyl (C=O) groups excluding carboxylic acids is 1. The zero-order valence-electron chi connectivity index (χ0n) is 17.1. The molecular weight excluding hydrogens is 398 g/mol. The lowest BCUT2D eigenvalue weighted by Gasteiger charge is -2.28. The van der Waals surface area contributed by atoms with E-state index in [9.17, 15) is 15.0 Å². The number of phenolic OH excluding ortho intramolecular Hbond substituents is 1. The molecular formula is C24H25NO6. The van der Waals surface area contributed by atoms with E-state index in [0.717, 1.165) is 0 Å². The number of para-hydroxylation sites is 2. The van der Waals surface area contributed by atoms with Crippen molar-refractivity contribution in [1.29, 1.82) is 0 Å². The third-order valence-corrected chi connectivity index (χ3v) is 4.57. The molecule has 31 heavy (non-hydrogen) atoms. The molecule has 7 heteroatoms. The van der Waals surface area contributed by atoms with Gasteiger partial charge in [-0.05, 0) is 36.4 Å². The Balaban J connectivity index is 1.89. The number of nitrogens with one attached hydrogen (secondary N) is 1. The van der Waals surface area contributed by atoms with Crippen molar-refractivity contribution in [2.45, 2.75) is 18.6 Å². The molecule has 0 spiro atoms. The molecule has 3 N–H and O–H groups in total. The topological polar surface area (TPSA) is 97.3 Å². The number of aliphatic hydroxyl groups is 1. The van der Waals surface area contributed by atoms with Crippen LogP contribution in [-0.4, -0.2) is 36.1 Å². The Labute approximate surface area is 180 Å². The van der Waals surface area contributed by atoms with Gasteiger partial charge in [0.1, 0.15) is 11.9 Å². The predicted molar refractivity (Wildman–Crippen MR) is 117 cm³/mol. The van der Waals surface area contributed by atoms with Gasteiger partial charge in [0.05, 0.1) is 7.11 Å². The standard InChI is InChI=1S/C24H25NO6/c1-29-21-13-12-17(16-20(21)27)23(31-24(28)25-18-8-4-2-5-9-18)22(14-15-26)30-19-10-6-3-7-11-19/h2-13,16,22-23,26-27H,14-15H2,1H3,(H,25,28)/t22-,23-/m0/s1. The van der Waals surface area contributed by atoms with Gasteiger partial charge in [0.25, 0.3) is 0 Å². The first kappa shape index (κ1) is 22.0. The normalized spacial score (nSPS) is 12.5. The number of phenols is 1. The molecule has 0 radical (unpaired) electrons. The average Bonchev–Trinajstić information content (AvgIpc) is 2.78. The number of methoxy groups -OCH3 is 1. The lowest BCUT2D eigenvalue weighted by Crippen LogP contribution is -2.31. The first-order valence-corrected chi connectivity index (χ1v) is 9.83. The van der Waals surface area contributed by atoms with Gasteiger partial charge >= 0.3 is 6.09 Å². The minimum absolute atomic E-state index is 0.0977. The van der Waals surface area contributed by atoms with Crippen LogP contribution in [-0.2, 0) is 4.74 Å². The van der Waals surface area contributed by atoms with E-state index in [2.05, 4.69) is 5.32 Å². The lowest BCUT2D eigenvalue weighted by atomic mass is 10.0. The van der Waals surface area contributed by atoms with E-state index in [-0.39, 0.29) is 18.8 Å². The molecule has 0 saturated heterocycles. The van der Waals surface area contributed by atoms with Gasteiger partial charge < -0.3 is 24.4 Å². The Kier molecular flexibility index (Phi) is 7.73. The van der Waals surface area contributed by atoms with Crippen LogP contribution in [0.25, 0.3) is 0 Å². The molecule has 0 heterocycles. The predicted octanol–water partition coefficient (Wildman–Crippen LogP) is 4.52. The van der Waals surface area contributed by atoms with Gasteiger partial charge in [-0.2, -0.15) is 0 Å². The zero-order chi connectivity index (χ0) is 22.1. The SMILES string of the molecule is COc1ccc([C@H](OC(=O)Nc2ccccc2)[C@H](CCO)Oc2ccccc2)cc1O. The van der Waals surface area contributed by atoms with Crippen molar-refractivity contribution in [3.8, 4) is 17.2 Å². The minimum Gasteiger partial charge on any atom is -0.504 e. The van der Waals surface area contributed by atoms with Gasteiger partial charge in [-0.1, -0.05) is 42.5 Å². The van der Waals surface area contributed by atoms with Gasteiger partial charge in [0.2, 0.25) is 0 Å².